The van der Waals surface area contributed by atoms with Gasteiger partial charge in [-0.25, -0.2) is 4.79 Å². The standard InChI is InChI=1S/C25H25N3O5S/c1-30-17-11-9-16(10-12-17)26-25(29)33-21-14-32-22-20(13-31-23(21)22)28-24(34)27-19-8-4-6-15-5-2-3-7-18(15)19/h2-12,20-23H,13-14H2,1H3,(H,26,29)(H2,27,28,34)/t20-,21-,22-,23+/m0/s1. The third-order valence-corrected chi connectivity index (χ3v) is 6.18. The summed E-state index contributed by atoms with van der Waals surface area (Å²) in [6, 6.07) is 21.0. The van der Waals surface area contributed by atoms with Crippen LogP contribution in [0.4, 0.5) is 16.2 Å². The van der Waals surface area contributed by atoms with Crippen molar-refractivity contribution in [3.05, 3.63) is 66.7 Å². The average molecular weight is 480 g/mol. The molecule has 176 valence electrons. The summed E-state index contributed by atoms with van der Waals surface area (Å²) in [6.07, 6.45) is -1.70. The highest BCUT2D eigenvalue weighted by atomic mass is 32.1. The van der Waals surface area contributed by atoms with Crippen LogP contribution >= 0.6 is 12.2 Å². The lowest BCUT2D eigenvalue weighted by Crippen LogP contribution is -2.46. The first-order valence-electron chi connectivity index (χ1n) is 11.0. The predicted molar refractivity (Wildman–Crippen MR) is 133 cm³/mol. The van der Waals surface area contributed by atoms with E-state index in [2.05, 4.69) is 28.1 Å². The number of carbonyl (C=O) groups is 1. The van der Waals surface area contributed by atoms with E-state index in [-0.39, 0.29) is 24.9 Å². The van der Waals surface area contributed by atoms with Crippen molar-refractivity contribution in [2.45, 2.75) is 24.4 Å². The van der Waals surface area contributed by atoms with Gasteiger partial charge in [-0.2, -0.15) is 0 Å². The van der Waals surface area contributed by atoms with Crippen molar-refractivity contribution in [1.29, 1.82) is 0 Å². The van der Waals surface area contributed by atoms with Crippen LogP contribution in [0.25, 0.3) is 10.8 Å². The van der Waals surface area contributed by atoms with Gasteiger partial charge in [0.05, 0.1) is 26.4 Å². The third kappa shape index (κ3) is 4.77. The average Bonchev–Trinajstić information content (AvgIpc) is 3.43. The topological polar surface area (TPSA) is 90.1 Å². The summed E-state index contributed by atoms with van der Waals surface area (Å²) < 4.78 is 22.5. The number of anilines is 2. The summed E-state index contributed by atoms with van der Waals surface area (Å²) in [4.78, 5) is 12.4. The number of ether oxygens (including phenoxy) is 4. The minimum atomic E-state index is -0.562. The molecule has 3 aromatic rings. The van der Waals surface area contributed by atoms with Crippen molar-refractivity contribution in [2.75, 3.05) is 31.0 Å². The van der Waals surface area contributed by atoms with Gasteiger partial charge in [0.25, 0.3) is 0 Å². The van der Waals surface area contributed by atoms with Crippen molar-refractivity contribution >= 4 is 45.6 Å². The summed E-state index contributed by atoms with van der Waals surface area (Å²) in [6.45, 7) is 0.652. The molecule has 0 saturated carbocycles. The predicted octanol–water partition coefficient (Wildman–Crippen LogP) is 3.92. The van der Waals surface area contributed by atoms with Crippen LogP contribution in [0.3, 0.4) is 0 Å². The van der Waals surface area contributed by atoms with Gasteiger partial charge in [0.2, 0.25) is 0 Å². The Kier molecular flexibility index (Phi) is 6.48. The number of rotatable bonds is 5. The Morgan fingerprint density at radius 3 is 2.53 bits per heavy atom. The smallest absolute Gasteiger partial charge is 0.412 e. The second-order valence-electron chi connectivity index (χ2n) is 8.12. The molecule has 2 heterocycles. The van der Waals surface area contributed by atoms with E-state index in [1.807, 2.05) is 30.3 Å². The lowest BCUT2D eigenvalue weighted by molar-refractivity contribution is 0.00880. The SMILES string of the molecule is COc1ccc(NC(=O)O[C@H]2CO[C@@H]3[C@@H]2OC[C@@H]3NC(=S)Nc2cccc3ccccc23)cc1. The van der Waals surface area contributed by atoms with Gasteiger partial charge < -0.3 is 29.6 Å². The molecule has 0 spiro atoms. The fourth-order valence-corrected chi connectivity index (χ4v) is 4.57. The molecule has 0 aliphatic carbocycles. The van der Waals surface area contributed by atoms with Crippen LogP contribution in [-0.4, -0.2) is 55.9 Å². The molecule has 9 heteroatoms. The normalized spacial score (nSPS) is 23.2. The molecule has 0 aromatic heterocycles. The van der Waals surface area contributed by atoms with Crippen molar-refractivity contribution in [2.24, 2.45) is 0 Å². The number of hydrogen-bond acceptors (Lipinski definition) is 6. The molecule has 0 bridgehead atoms. The van der Waals surface area contributed by atoms with Gasteiger partial charge in [0.15, 0.2) is 11.2 Å². The Morgan fingerprint density at radius 2 is 1.71 bits per heavy atom. The van der Waals surface area contributed by atoms with E-state index in [4.69, 9.17) is 31.2 Å². The number of thiocarbonyl (C=S) groups is 1. The second-order valence-corrected chi connectivity index (χ2v) is 8.53. The Hall–Kier alpha value is -3.40. The maximum atomic E-state index is 12.4. The summed E-state index contributed by atoms with van der Waals surface area (Å²) in [7, 11) is 1.59. The van der Waals surface area contributed by atoms with Gasteiger partial charge in [-0.3, -0.25) is 5.32 Å². The molecule has 34 heavy (non-hydrogen) atoms. The van der Waals surface area contributed by atoms with Crippen LogP contribution in [0.15, 0.2) is 66.7 Å². The molecule has 0 radical (unpaired) electrons. The van der Waals surface area contributed by atoms with E-state index in [9.17, 15) is 4.79 Å². The van der Waals surface area contributed by atoms with Gasteiger partial charge in [0.1, 0.15) is 18.0 Å². The molecule has 3 N–H and O–H groups in total. The van der Waals surface area contributed by atoms with Crippen molar-refractivity contribution < 1.29 is 23.7 Å². The molecule has 0 unspecified atom stereocenters. The van der Waals surface area contributed by atoms with Crippen LogP contribution in [0.2, 0.25) is 0 Å². The Labute approximate surface area is 202 Å². The number of methoxy groups -OCH3 is 1. The number of nitrogens with one attached hydrogen (secondary N) is 3. The number of benzene rings is 3. The maximum absolute atomic E-state index is 12.4. The Balaban J connectivity index is 1.15. The number of amides is 1. The highest BCUT2D eigenvalue weighted by Gasteiger charge is 2.49. The Bertz CT molecular complexity index is 1180. The first-order valence-corrected chi connectivity index (χ1v) is 11.4. The first-order chi connectivity index (χ1) is 16.6. The van der Waals surface area contributed by atoms with Crippen molar-refractivity contribution in [3.63, 3.8) is 0 Å². The molecule has 2 aliphatic rings. The van der Waals surface area contributed by atoms with E-state index >= 15 is 0 Å². The molecule has 4 atom stereocenters. The fourth-order valence-electron chi connectivity index (χ4n) is 4.31. The molecule has 3 aromatic carbocycles. The zero-order valence-corrected chi connectivity index (χ0v) is 19.3. The lowest BCUT2D eigenvalue weighted by Gasteiger charge is -2.20. The minimum absolute atomic E-state index is 0.154. The highest BCUT2D eigenvalue weighted by Crippen LogP contribution is 2.30. The van der Waals surface area contributed by atoms with Crippen LogP contribution in [0.1, 0.15) is 0 Å². The van der Waals surface area contributed by atoms with Crippen LogP contribution < -0.4 is 20.7 Å². The minimum Gasteiger partial charge on any atom is -0.497 e. The van der Waals surface area contributed by atoms with Crippen LogP contribution in [0.5, 0.6) is 5.75 Å². The number of fused-ring (bicyclic) bond motifs is 2. The third-order valence-electron chi connectivity index (χ3n) is 5.96. The second kappa shape index (κ2) is 9.84. The summed E-state index contributed by atoms with van der Waals surface area (Å²) in [5.41, 5.74) is 1.54. The maximum Gasteiger partial charge on any atom is 0.412 e. The number of hydrogen-bond donors (Lipinski definition) is 3. The number of carbonyl (C=O) groups excluding carboxylic acids is 1. The quantitative estimate of drug-likeness (QED) is 0.475. The fraction of sp³-hybridized carbons (Fsp3) is 0.280. The zero-order chi connectivity index (χ0) is 23.5. The summed E-state index contributed by atoms with van der Waals surface area (Å²) in [5, 5.41) is 12.0. The molecular formula is C25H25N3O5S. The van der Waals surface area contributed by atoms with E-state index in [1.54, 1.807) is 31.4 Å². The molecular weight excluding hydrogens is 454 g/mol. The van der Waals surface area contributed by atoms with Gasteiger partial charge in [-0.1, -0.05) is 36.4 Å². The first kappa shape index (κ1) is 22.4. The lowest BCUT2D eigenvalue weighted by atomic mass is 10.1. The van der Waals surface area contributed by atoms with E-state index in [1.165, 1.54) is 0 Å². The van der Waals surface area contributed by atoms with Crippen molar-refractivity contribution in [1.82, 2.24) is 5.32 Å². The largest absolute Gasteiger partial charge is 0.497 e. The molecule has 2 saturated heterocycles. The van der Waals surface area contributed by atoms with Crippen molar-refractivity contribution in [3.8, 4) is 5.75 Å². The molecule has 2 aliphatic heterocycles. The van der Waals surface area contributed by atoms with E-state index in [0.717, 1.165) is 16.5 Å². The van der Waals surface area contributed by atoms with Gasteiger partial charge in [0, 0.05) is 16.8 Å². The van der Waals surface area contributed by atoms with Gasteiger partial charge in [-0.05, 0) is 47.9 Å². The van der Waals surface area contributed by atoms with Gasteiger partial charge in [-0.15, -0.1) is 0 Å². The molecule has 8 nitrogen and oxygen atoms in total. The van der Waals surface area contributed by atoms with E-state index in [0.29, 0.717) is 23.2 Å². The Morgan fingerprint density at radius 1 is 0.941 bits per heavy atom. The highest BCUT2D eigenvalue weighted by molar-refractivity contribution is 7.80. The molecule has 5 rings (SSSR count). The van der Waals surface area contributed by atoms with Crippen LogP contribution in [0, 0.1) is 0 Å². The summed E-state index contributed by atoms with van der Waals surface area (Å²) in [5.74, 6) is 0.705. The van der Waals surface area contributed by atoms with Crippen LogP contribution in [-0.2, 0) is 14.2 Å². The van der Waals surface area contributed by atoms with E-state index < -0.39 is 12.2 Å². The van der Waals surface area contributed by atoms with Gasteiger partial charge >= 0.3 is 6.09 Å². The molecule has 2 fully saturated rings. The monoisotopic (exact) mass is 479 g/mol. The zero-order valence-electron chi connectivity index (χ0n) is 18.5. The molecule has 1 amide bonds. The summed E-state index contributed by atoms with van der Waals surface area (Å²) >= 11 is 5.55.